The van der Waals surface area contributed by atoms with E-state index in [4.69, 9.17) is 9.47 Å². The Kier molecular flexibility index (Phi) is 6.17. The number of hydrogen-bond acceptors (Lipinski definition) is 3. The van der Waals surface area contributed by atoms with Crippen LogP contribution in [0.2, 0.25) is 19.1 Å². The number of methoxy groups -OCH3 is 2. The molecule has 26 heavy (non-hydrogen) atoms. The Morgan fingerprint density at radius 1 is 0.808 bits per heavy atom. The van der Waals surface area contributed by atoms with Gasteiger partial charge in [0.1, 0.15) is 11.5 Å². The Labute approximate surface area is 162 Å². The molecule has 1 radical (unpaired) electrons. The first-order valence-corrected chi connectivity index (χ1v) is 12.3. The Morgan fingerprint density at radius 3 is 1.85 bits per heavy atom. The van der Waals surface area contributed by atoms with E-state index < -0.39 is 0 Å². The maximum Gasteiger partial charge on any atom is 0.118 e. The minimum Gasteiger partial charge on any atom is -0.497 e. The monoisotopic (exact) mass is 381 g/mol. The standard InChI is InChI=1S/C22H25O2SSi/c1-23-18-9-5-16(6-10-18)21-15-20(13-14-26(3)4)25-22(21)17-7-11-19(24-2)12-8-17/h5-12,15H,13-14H2,1-4H3. The fourth-order valence-electron chi connectivity index (χ4n) is 2.88. The van der Waals surface area contributed by atoms with Crippen molar-refractivity contribution in [2.75, 3.05) is 14.2 Å². The maximum absolute atomic E-state index is 5.31. The third kappa shape index (κ3) is 4.37. The molecule has 0 aliphatic heterocycles. The number of rotatable bonds is 7. The van der Waals surface area contributed by atoms with Crippen molar-refractivity contribution in [1.82, 2.24) is 0 Å². The highest BCUT2D eigenvalue weighted by Crippen LogP contribution is 2.40. The smallest absolute Gasteiger partial charge is 0.118 e. The average Bonchev–Trinajstić information content (AvgIpc) is 3.11. The third-order valence-corrected chi connectivity index (χ3v) is 6.90. The molecular formula is C22H25O2SSi. The van der Waals surface area contributed by atoms with Crippen LogP contribution in [0.15, 0.2) is 54.6 Å². The van der Waals surface area contributed by atoms with Gasteiger partial charge in [-0.1, -0.05) is 31.3 Å². The minimum absolute atomic E-state index is 0.208. The third-order valence-electron chi connectivity index (χ3n) is 4.41. The van der Waals surface area contributed by atoms with Crippen LogP contribution in [0.25, 0.3) is 21.6 Å². The number of ether oxygens (including phenoxy) is 2. The van der Waals surface area contributed by atoms with E-state index in [0.29, 0.717) is 0 Å². The van der Waals surface area contributed by atoms with Crippen LogP contribution in [0.1, 0.15) is 4.88 Å². The normalized spacial score (nSPS) is 11.0. The van der Waals surface area contributed by atoms with Crippen molar-refractivity contribution in [3.05, 3.63) is 59.5 Å². The summed E-state index contributed by atoms with van der Waals surface area (Å²) in [5.74, 6) is 1.78. The van der Waals surface area contributed by atoms with Gasteiger partial charge in [0.25, 0.3) is 0 Å². The number of hydrogen-bond donors (Lipinski definition) is 0. The van der Waals surface area contributed by atoms with Gasteiger partial charge in [0.15, 0.2) is 0 Å². The zero-order valence-corrected chi connectivity index (χ0v) is 17.7. The van der Waals surface area contributed by atoms with E-state index in [1.165, 1.54) is 38.9 Å². The molecule has 0 spiro atoms. The average molecular weight is 382 g/mol. The Hall–Kier alpha value is -2.04. The molecule has 2 nitrogen and oxygen atoms in total. The van der Waals surface area contributed by atoms with Crippen molar-refractivity contribution < 1.29 is 9.47 Å². The van der Waals surface area contributed by atoms with Crippen LogP contribution in [0, 0.1) is 0 Å². The number of aryl methyl sites for hydroxylation is 1. The first-order valence-electron chi connectivity index (χ1n) is 8.81. The minimum atomic E-state index is -0.208. The summed E-state index contributed by atoms with van der Waals surface area (Å²) < 4.78 is 10.6. The predicted octanol–water partition coefficient (Wildman–Crippen LogP) is 6.40. The molecule has 3 rings (SSSR count). The molecule has 0 aliphatic carbocycles. The second-order valence-electron chi connectivity index (χ2n) is 6.62. The van der Waals surface area contributed by atoms with Gasteiger partial charge in [-0.15, -0.1) is 11.3 Å². The van der Waals surface area contributed by atoms with Crippen LogP contribution in [0.5, 0.6) is 11.5 Å². The largest absolute Gasteiger partial charge is 0.497 e. The maximum atomic E-state index is 5.31. The topological polar surface area (TPSA) is 18.5 Å². The molecule has 0 amide bonds. The van der Waals surface area contributed by atoms with E-state index in [1.54, 1.807) is 14.2 Å². The summed E-state index contributed by atoms with van der Waals surface area (Å²) in [6, 6.07) is 20.4. The molecule has 135 valence electrons. The number of thiophene rings is 1. The van der Waals surface area contributed by atoms with Gasteiger partial charge >= 0.3 is 0 Å². The van der Waals surface area contributed by atoms with Crippen molar-refractivity contribution in [3.8, 4) is 33.1 Å². The SMILES string of the molecule is COc1ccc(-c2cc(CC[Si](C)C)sc2-c2ccc(OC)cc2)cc1. The molecule has 4 heteroatoms. The molecule has 0 saturated carbocycles. The highest BCUT2D eigenvalue weighted by molar-refractivity contribution is 7.16. The Bertz CT molecular complexity index is 771. The van der Waals surface area contributed by atoms with Gasteiger partial charge in [0.05, 0.1) is 14.2 Å². The van der Waals surface area contributed by atoms with Crippen LogP contribution >= 0.6 is 11.3 Å². The predicted molar refractivity (Wildman–Crippen MR) is 114 cm³/mol. The number of benzene rings is 2. The summed E-state index contributed by atoms with van der Waals surface area (Å²) in [4.78, 5) is 2.79. The van der Waals surface area contributed by atoms with Crippen LogP contribution in [0.3, 0.4) is 0 Å². The molecule has 0 N–H and O–H groups in total. The molecule has 3 aromatic rings. The zero-order valence-electron chi connectivity index (χ0n) is 15.8. The lowest BCUT2D eigenvalue weighted by molar-refractivity contribution is 0.414. The van der Waals surface area contributed by atoms with Gasteiger partial charge in [0.2, 0.25) is 0 Å². The summed E-state index contributed by atoms with van der Waals surface area (Å²) in [5.41, 5.74) is 3.78. The van der Waals surface area contributed by atoms with E-state index in [9.17, 15) is 0 Å². The molecule has 1 aromatic heterocycles. The molecule has 0 aliphatic rings. The van der Waals surface area contributed by atoms with Gasteiger partial charge in [-0.05, 0) is 60.0 Å². The van der Waals surface area contributed by atoms with Gasteiger partial charge in [-0.2, -0.15) is 0 Å². The molecule has 0 bridgehead atoms. The first kappa shape index (κ1) is 18.7. The van der Waals surface area contributed by atoms with E-state index >= 15 is 0 Å². The summed E-state index contributed by atoms with van der Waals surface area (Å²) in [7, 11) is 3.20. The lowest BCUT2D eigenvalue weighted by Gasteiger charge is -2.07. The fourth-order valence-corrected chi connectivity index (χ4v) is 5.01. The van der Waals surface area contributed by atoms with Crippen LogP contribution in [0.4, 0.5) is 0 Å². The Morgan fingerprint density at radius 2 is 1.35 bits per heavy atom. The summed E-state index contributed by atoms with van der Waals surface area (Å²) in [6.45, 7) is 4.76. The van der Waals surface area contributed by atoms with Crippen LogP contribution in [-0.4, -0.2) is 23.0 Å². The van der Waals surface area contributed by atoms with Crippen molar-refractivity contribution in [1.29, 1.82) is 0 Å². The fraction of sp³-hybridized carbons (Fsp3) is 0.273. The molecule has 2 aromatic carbocycles. The van der Waals surface area contributed by atoms with Gasteiger partial charge in [0, 0.05) is 24.1 Å². The second-order valence-corrected chi connectivity index (χ2v) is 10.7. The highest BCUT2D eigenvalue weighted by atomic mass is 32.1. The van der Waals surface area contributed by atoms with Crippen molar-refractivity contribution in [2.45, 2.75) is 25.6 Å². The van der Waals surface area contributed by atoms with Crippen molar-refractivity contribution in [3.63, 3.8) is 0 Å². The Balaban J connectivity index is 2.01. The van der Waals surface area contributed by atoms with Crippen molar-refractivity contribution in [2.24, 2.45) is 0 Å². The summed E-state index contributed by atoms with van der Waals surface area (Å²) >= 11 is 1.92. The molecule has 0 saturated heterocycles. The molecule has 1 heterocycles. The van der Waals surface area contributed by atoms with Gasteiger partial charge < -0.3 is 9.47 Å². The van der Waals surface area contributed by atoms with E-state index in [1.807, 2.05) is 35.6 Å². The van der Waals surface area contributed by atoms with Gasteiger partial charge in [-0.25, -0.2) is 0 Å². The van der Waals surface area contributed by atoms with E-state index in [-0.39, 0.29) is 8.80 Å². The quantitative estimate of drug-likeness (QED) is 0.441. The van der Waals surface area contributed by atoms with E-state index in [2.05, 4.69) is 43.4 Å². The van der Waals surface area contributed by atoms with Crippen LogP contribution < -0.4 is 9.47 Å². The lowest BCUT2D eigenvalue weighted by atomic mass is 10.0. The zero-order chi connectivity index (χ0) is 18.5. The van der Waals surface area contributed by atoms with Gasteiger partial charge in [-0.3, -0.25) is 0 Å². The molecular weight excluding hydrogens is 356 g/mol. The molecule has 0 atom stereocenters. The highest BCUT2D eigenvalue weighted by Gasteiger charge is 2.14. The van der Waals surface area contributed by atoms with Crippen LogP contribution in [-0.2, 0) is 6.42 Å². The first-order chi connectivity index (χ1) is 12.6. The lowest BCUT2D eigenvalue weighted by Crippen LogP contribution is -1.99. The summed E-state index contributed by atoms with van der Waals surface area (Å²) in [6.07, 6.45) is 1.17. The summed E-state index contributed by atoms with van der Waals surface area (Å²) in [5, 5.41) is 0. The molecule has 0 unspecified atom stereocenters. The second kappa shape index (κ2) is 8.56. The van der Waals surface area contributed by atoms with E-state index in [0.717, 1.165) is 11.5 Å². The molecule has 0 fully saturated rings. The van der Waals surface area contributed by atoms with Crippen molar-refractivity contribution >= 4 is 20.1 Å².